The van der Waals surface area contributed by atoms with Crippen molar-refractivity contribution in [1.29, 1.82) is 0 Å². The van der Waals surface area contributed by atoms with Crippen LogP contribution < -0.4 is 0 Å². The van der Waals surface area contributed by atoms with Gasteiger partial charge in [0.2, 0.25) is 0 Å². The molecule has 0 aliphatic carbocycles. The van der Waals surface area contributed by atoms with E-state index in [9.17, 15) is 14.4 Å². The molecule has 332 valence electrons. The van der Waals surface area contributed by atoms with Gasteiger partial charge in [-0.15, -0.1) is 0 Å². The summed E-state index contributed by atoms with van der Waals surface area (Å²) < 4.78 is 16.5. The van der Waals surface area contributed by atoms with Crippen LogP contribution in [-0.4, -0.2) is 24.0 Å². The van der Waals surface area contributed by atoms with Gasteiger partial charge in [-0.3, -0.25) is 14.4 Å². The lowest BCUT2D eigenvalue weighted by Crippen LogP contribution is -2.17. The first-order valence-corrected chi connectivity index (χ1v) is 23.7. The minimum atomic E-state index is -0.114. The highest BCUT2D eigenvalue weighted by atomic mass is 16.5. The van der Waals surface area contributed by atoms with Gasteiger partial charge in [0.1, 0.15) is 19.3 Å². The van der Waals surface area contributed by atoms with E-state index in [2.05, 4.69) is 48.6 Å². The van der Waals surface area contributed by atoms with E-state index in [1.807, 2.05) is 67.6 Å². The highest BCUT2D eigenvalue weighted by molar-refractivity contribution is 5.70. The third kappa shape index (κ3) is 32.6. The number of carbonyl (C=O) groups excluding carboxylic acids is 3. The quantitative estimate of drug-likeness (QED) is 0.0290. The van der Waals surface area contributed by atoms with Crippen molar-refractivity contribution in [2.24, 2.45) is 0 Å². The Labute approximate surface area is 365 Å². The van der Waals surface area contributed by atoms with Crippen molar-refractivity contribution >= 4 is 17.9 Å². The van der Waals surface area contributed by atoms with Gasteiger partial charge < -0.3 is 14.2 Å². The second-order valence-corrected chi connectivity index (χ2v) is 16.0. The number of esters is 3. The fourth-order valence-corrected chi connectivity index (χ4v) is 6.91. The van der Waals surface area contributed by atoms with Crippen LogP contribution in [0.25, 0.3) is 0 Å². The van der Waals surface area contributed by atoms with E-state index >= 15 is 0 Å². The zero-order valence-corrected chi connectivity index (χ0v) is 37.4. The SMILES string of the molecule is CCC(=O)OC(CCCCCCCC/C=C\C/C=C\CCCCC(=O)OCc1ccccc1)CCCCCCCC/C=C\C/C=C\CCCCC(=O)OCc1ccccc1. The summed E-state index contributed by atoms with van der Waals surface area (Å²) in [5.41, 5.74) is 2.05. The maximum Gasteiger partial charge on any atom is 0.306 e. The lowest BCUT2D eigenvalue weighted by molar-refractivity contribution is -0.149. The molecule has 0 heterocycles. The molecule has 0 radical (unpaired) electrons. The molecule has 2 rings (SSSR count). The first-order chi connectivity index (χ1) is 29.6. The number of rotatable bonds is 38. The highest BCUT2D eigenvalue weighted by Gasteiger charge is 2.13. The monoisotopic (exact) mass is 825 g/mol. The smallest absolute Gasteiger partial charge is 0.306 e. The summed E-state index contributed by atoms with van der Waals surface area (Å²) in [6.45, 7) is 2.60. The molecule has 0 aliphatic rings. The predicted octanol–water partition coefficient (Wildman–Crippen LogP) is 15.2. The van der Waals surface area contributed by atoms with Crippen molar-refractivity contribution in [1.82, 2.24) is 0 Å². The third-order valence-electron chi connectivity index (χ3n) is 10.6. The van der Waals surface area contributed by atoms with Crippen molar-refractivity contribution in [2.75, 3.05) is 0 Å². The Bertz CT molecular complexity index is 1340. The van der Waals surface area contributed by atoms with Crippen LogP contribution in [0, 0.1) is 0 Å². The molecular formula is C54H80O6. The van der Waals surface area contributed by atoms with Crippen LogP contribution in [0.15, 0.2) is 109 Å². The summed E-state index contributed by atoms with van der Waals surface area (Å²) in [5.74, 6) is -0.289. The van der Waals surface area contributed by atoms with Gasteiger partial charge in [0.25, 0.3) is 0 Å². The molecule has 0 saturated heterocycles. The second-order valence-electron chi connectivity index (χ2n) is 16.0. The summed E-state index contributed by atoms with van der Waals surface area (Å²) >= 11 is 0. The summed E-state index contributed by atoms with van der Waals surface area (Å²) in [4.78, 5) is 35.8. The fraction of sp³-hybridized carbons (Fsp3) is 0.574. The normalized spacial score (nSPS) is 11.8. The lowest BCUT2D eigenvalue weighted by atomic mass is 10.0. The Balaban J connectivity index is 1.34. The topological polar surface area (TPSA) is 78.9 Å². The molecule has 0 fully saturated rings. The molecule has 0 unspecified atom stereocenters. The Morgan fingerprint density at radius 2 is 0.783 bits per heavy atom. The van der Waals surface area contributed by atoms with Gasteiger partial charge in [0.15, 0.2) is 0 Å². The molecule has 0 aromatic heterocycles. The van der Waals surface area contributed by atoms with Crippen LogP contribution in [0.2, 0.25) is 0 Å². The Morgan fingerprint density at radius 1 is 0.433 bits per heavy atom. The maximum absolute atomic E-state index is 12.0. The van der Waals surface area contributed by atoms with Crippen LogP contribution in [0.1, 0.15) is 191 Å². The fourth-order valence-electron chi connectivity index (χ4n) is 6.91. The van der Waals surface area contributed by atoms with Crippen LogP contribution in [-0.2, 0) is 41.8 Å². The first-order valence-electron chi connectivity index (χ1n) is 23.7. The van der Waals surface area contributed by atoms with Crippen molar-refractivity contribution in [3.63, 3.8) is 0 Å². The summed E-state index contributed by atoms with van der Waals surface area (Å²) in [5, 5.41) is 0. The molecule has 2 aromatic carbocycles. The van der Waals surface area contributed by atoms with Gasteiger partial charge in [-0.2, -0.15) is 0 Å². The minimum absolute atomic E-state index is 0.0602. The molecule has 0 aliphatic heterocycles. The van der Waals surface area contributed by atoms with E-state index in [0.717, 1.165) is 101 Å². The summed E-state index contributed by atoms with van der Waals surface area (Å²) in [7, 11) is 0. The summed E-state index contributed by atoms with van der Waals surface area (Å²) in [6.07, 6.45) is 46.3. The van der Waals surface area contributed by atoms with Crippen molar-refractivity contribution in [3.05, 3.63) is 120 Å². The van der Waals surface area contributed by atoms with Crippen LogP contribution in [0.3, 0.4) is 0 Å². The molecule has 6 heteroatoms. The van der Waals surface area contributed by atoms with Crippen LogP contribution in [0.4, 0.5) is 0 Å². The zero-order chi connectivity index (χ0) is 42.8. The van der Waals surface area contributed by atoms with Crippen molar-refractivity contribution in [2.45, 2.75) is 200 Å². The van der Waals surface area contributed by atoms with E-state index in [-0.39, 0.29) is 24.0 Å². The minimum Gasteiger partial charge on any atom is -0.462 e. The second kappa shape index (κ2) is 39.0. The van der Waals surface area contributed by atoms with Crippen LogP contribution >= 0.6 is 0 Å². The number of ether oxygens (including phenoxy) is 3. The van der Waals surface area contributed by atoms with Gasteiger partial charge in [-0.05, 0) is 114 Å². The van der Waals surface area contributed by atoms with E-state index < -0.39 is 0 Å². The Hall–Kier alpha value is -4.19. The standard InChI is InChI=1S/C54H80O6/c1-2-52(55)60-51(43-35-25-21-17-13-9-5-3-7-11-15-19-23-27-37-45-53(56)58-47-49-39-31-29-32-40-49)44-36-26-22-18-14-10-6-4-8-12-16-20-24-28-38-46-54(57)59-48-50-41-33-30-34-42-50/h3-4,7-8,15-16,19-20,29-34,39-42,51H,2,5-6,9-14,17-18,21-28,35-38,43-48H2,1H3/b7-3-,8-4-,19-15-,20-16-. The zero-order valence-electron chi connectivity index (χ0n) is 37.4. The number of unbranched alkanes of at least 4 members (excludes halogenated alkanes) is 16. The molecular weight excluding hydrogens is 745 g/mol. The molecule has 60 heavy (non-hydrogen) atoms. The highest BCUT2D eigenvalue weighted by Crippen LogP contribution is 2.18. The van der Waals surface area contributed by atoms with E-state index in [4.69, 9.17) is 14.2 Å². The van der Waals surface area contributed by atoms with Gasteiger partial charge in [-0.1, -0.05) is 168 Å². The number of hydrogen-bond donors (Lipinski definition) is 0. The van der Waals surface area contributed by atoms with Gasteiger partial charge in [0, 0.05) is 19.3 Å². The molecule has 0 amide bonds. The third-order valence-corrected chi connectivity index (χ3v) is 10.6. The van der Waals surface area contributed by atoms with Gasteiger partial charge in [0.05, 0.1) is 0 Å². The van der Waals surface area contributed by atoms with E-state index in [0.29, 0.717) is 32.5 Å². The van der Waals surface area contributed by atoms with E-state index in [1.165, 1.54) is 64.2 Å². The summed E-state index contributed by atoms with van der Waals surface area (Å²) in [6, 6.07) is 19.6. The molecule has 0 saturated carbocycles. The molecule has 0 bridgehead atoms. The molecule has 0 atom stereocenters. The molecule has 0 spiro atoms. The average molecular weight is 825 g/mol. The first kappa shape index (κ1) is 51.9. The van der Waals surface area contributed by atoms with Crippen molar-refractivity contribution < 1.29 is 28.6 Å². The largest absolute Gasteiger partial charge is 0.462 e. The average Bonchev–Trinajstić information content (AvgIpc) is 3.27. The maximum atomic E-state index is 12.0. The number of carbonyl (C=O) groups is 3. The number of benzene rings is 2. The Kier molecular flexibility index (Phi) is 33.7. The van der Waals surface area contributed by atoms with Crippen LogP contribution in [0.5, 0.6) is 0 Å². The molecule has 2 aromatic rings. The van der Waals surface area contributed by atoms with Gasteiger partial charge in [-0.25, -0.2) is 0 Å². The predicted molar refractivity (Wildman–Crippen MR) is 249 cm³/mol. The Morgan fingerprint density at radius 3 is 1.17 bits per heavy atom. The number of hydrogen-bond acceptors (Lipinski definition) is 6. The molecule has 0 N–H and O–H groups in total. The number of allylic oxidation sites excluding steroid dienone is 8. The van der Waals surface area contributed by atoms with E-state index in [1.54, 1.807) is 0 Å². The molecule has 6 nitrogen and oxygen atoms in total. The van der Waals surface area contributed by atoms with Gasteiger partial charge >= 0.3 is 17.9 Å². The van der Waals surface area contributed by atoms with Crippen molar-refractivity contribution in [3.8, 4) is 0 Å². The lowest BCUT2D eigenvalue weighted by Gasteiger charge is -2.17.